The third kappa shape index (κ3) is 2.76. The third-order valence-corrected chi connectivity index (χ3v) is 3.42. The Morgan fingerprint density at radius 1 is 0.833 bits per heavy atom. The molecule has 98 valence electrons. The van der Waals surface area contributed by atoms with Crippen molar-refractivity contribution in [3.63, 3.8) is 0 Å². The van der Waals surface area contributed by atoms with Crippen LogP contribution in [0.2, 0.25) is 0 Å². The first kappa shape index (κ1) is 11.8. The SMILES string of the molecule is c1ccc(NC2CCCO2)c(NC2CCCO2)c1. The summed E-state index contributed by atoms with van der Waals surface area (Å²) in [6.07, 6.45) is 4.73. The van der Waals surface area contributed by atoms with Gasteiger partial charge in [-0.25, -0.2) is 0 Å². The van der Waals surface area contributed by atoms with E-state index in [1.807, 2.05) is 12.1 Å². The molecule has 2 fully saturated rings. The fraction of sp³-hybridized carbons (Fsp3) is 0.571. The van der Waals surface area contributed by atoms with Crippen LogP contribution in [0.25, 0.3) is 0 Å². The summed E-state index contributed by atoms with van der Waals surface area (Å²) in [5.41, 5.74) is 2.19. The maximum atomic E-state index is 5.61. The summed E-state index contributed by atoms with van der Waals surface area (Å²) in [5.74, 6) is 0. The monoisotopic (exact) mass is 248 g/mol. The zero-order valence-corrected chi connectivity index (χ0v) is 10.5. The molecule has 1 aromatic rings. The van der Waals surface area contributed by atoms with Crippen LogP contribution in [0, 0.1) is 0 Å². The first-order valence-electron chi connectivity index (χ1n) is 6.77. The smallest absolute Gasteiger partial charge is 0.127 e. The van der Waals surface area contributed by atoms with Gasteiger partial charge in [0.15, 0.2) is 0 Å². The van der Waals surface area contributed by atoms with E-state index in [4.69, 9.17) is 9.47 Å². The van der Waals surface area contributed by atoms with Crippen LogP contribution in [0.1, 0.15) is 25.7 Å². The molecular weight excluding hydrogens is 228 g/mol. The molecule has 2 heterocycles. The number of hydrogen-bond acceptors (Lipinski definition) is 4. The van der Waals surface area contributed by atoms with Crippen molar-refractivity contribution < 1.29 is 9.47 Å². The molecule has 0 spiro atoms. The van der Waals surface area contributed by atoms with Gasteiger partial charge in [0.1, 0.15) is 12.5 Å². The van der Waals surface area contributed by atoms with Gasteiger partial charge in [0, 0.05) is 13.2 Å². The standard InChI is InChI=1S/C14H20N2O2/c1-2-6-12(16-14-8-4-10-18-14)11(5-1)15-13-7-3-9-17-13/h1-2,5-6,13-16H,3-4,7-10H2. The summed E-state index contributed by atoms with van der Waals surface area (Å²) in [7, 11) is 0. The van der Waals surface area contributed by atoms with E-state index < -0.39 is 0 Å². The molecule has 0 radical (unpaired) electrons. The predicted molar refractivity (Wildman–Crippen MR) is 71.6 cm³/mol. The van der Waals surface area contributed by atoms with Gasteiger partial charge in [0.05, 0.1) is 11.4 Å². The Labute approximate surface area is 108 Å². The normalized spacial score (nSPS) is 27.3. The summed E-state index contributed by atoms with van der Waals surface area (Å²) in [5, 5.41) is 6.89. The number of ether oxygens (including phenoxy) is 2. The van der Waals surface area contributed by atoms with Crippen molar-refractivity contribution in [3.8, 4) is 0 Å². The van der Waals surface area contributed by atoms with Crippen LogP contribution in [0.4, 0.5) is 11.4 Å². The maximum absolute atomic E-state index is 5.61. The molecule has 3 rings (SSSR count). The Balaban J connectivity index is 1.67. The van der Waals surface area contributed by atoms with E-state index in [0.29, 0.717) is 0 Å². The molecule has 2 aliphatic rings. The quantitative estimate of drug-likeness (QED) is 0.860. The summed E-state index contributed by atoms with van der Waals surface area (Å²) in [6.45, 7) is 1.72. The zero-order valence-electron chi connectivity index (χ0n) is 10.5. The van der Waals surface area contributed by atoms with Crippen molar-refractivity contribution in [2.24, 2.45) is 0 Å². The van der Waals surface area contributed by atoms with Crippen LogP contribution < -0.4 is 10.6 Å². The van der Waals surface area contributed by atoms with Crippen molar-refractivity contribution in [2.75, 3.05) is 23.8 Å². The van der Waals surface area contributed by atoms with Crippen LogP contribution in [-0.4, -0.2) is 25.7 Å². The molecule has 0 amide bonds. The van der Waals surface area contributed by atoms with Crippen molar-refractivity contribution in [3.05, 3.63) is 24.3 Å². The molecule has 2 aliphatic heterocycles. The molecule has 0 aromatic heterocycles. The Kier molecular flexibility index (Phi) is 3.67. The highest BCUT2D eigenvalue weighted by molar-refractivity contribution is 5.69. The van der Waals surface area contributed by atoms with Gasteiger partial charge < -0.3 is 20.1 Å². The van der Waals surface area contributed by atoms with Crippen molar-refractivity contribution >= 4 is 11.4 Å². The van der Waals surface area contributed by atoms with Crippen LogP contribution in [0.3, 0.4) is 0 Å². The second-order valence-electron chi connectivity index (χ2n) is 4.84. The number of hydrogen-bond donors (Lipinski definition) is 2. The molecular formula is C14H20N2O2. The van der Waals surface area contributed by atoms with E-state index in [9.17, 15) is 0 Å². The van der Waals surface area contributed by atoms with Crippen LogP contribution in [0.5, 0.6) is 0 Å². The molecule has 4 heteroatoms. The Morgan fingerprint density at radius 2 is 1.33 bits per heavy atom. The number of rotatable bonds is 4. The van der Waals surface area contributed by atoms with E-state index in [-0.39, 0.29) is 12.5 Å². The van der Waals surface area contributed by atoms with Gasteiger partial charge in [0.2, 0.25) is 0 Å². The molecule has 2 unspecified atom stereocenters. The highest BCUT2D eigenvalue weighted by Gasteiger charge is 2.19. The van der Waals surface area contributed by atoms with Gasteiger partial charge in [-0.15, -0.1) is 0 Å². The molecule has 0 saturated carbocycles. The van der Waals surface area contributed by atoms with E-state index in [0.717, 1.165) is 50.3 Å². The Hall–Kier alpha value is -1.26. The van der Waals surface area contributed by atoms with Crippen molar-refractivity contribution in [2.45, 2.75) is 38.1 Å². The van der Waals surface area contributed by atoms with Gasteiger partial charge in [0.25, 0.3) is 0 Å². The number of nitrogens with one attached hydrogen (secondary N) is 2. The molecule has 0 aliphatic carbocycles. The van der Waals surface area contributed by atoms with Crippen molar-refractivity contribution in [1.29, 1.82) is 0 Å². The molecule has 0 bridgehead atoms. The fourth-order valence-corrected chi connectivity index (χ4v) is 2.46. The minimum Gasteiger partial charge on any atom is -0.359 e. The number of para-hydroxylation sites is 2. The highest BCUT2D eigenvalue weighted by atomic mass is 16.5. The van der Waals surface area contributed by atoms with Crippen molar-refractivity contribution in [1.82, 2.24) is 0 Å². The average Bonchev–Trinajstić information content (AvgIpc) is 3.05. The Morgan fingerprint density at radius 3 is 1.72 bits per heavy atom. The minimum atomic E-state index is 0.150. The van der Waals surface area contributed by atoms with Crippen LogP contribution in [0.15, 0.2) is 24.3 Å². The third-order valence-electron chi connectivity index (χ3n) is 3.42. The lowest BCUT2D eigenvalue weighted by molar-refractivity contribution is 0.130. The lowest BCUT2D eigenvalue weighted by atomic mass is 10.2. The highest BCUT2D eigenvalue weighted by Crippen LogP contribution is 2.26. The molecule has 2 N–H and O–H groups in total. The van der Waals surface area contributed by atoms with Crippen LogP contribution in [-0.2, 0) is 9.47 Å². The number of benzene rings is 1. The predicted octanol–water partition coefficient (Wildman–Crippen LogP) is 2.78. The first-order chi connectivity index (χ1) is 8.92. The lowest BCUT2D eigenvalue weighted by Gasteiger charge is -2.20. The zero-order chi connectivity index (χ0) is 12.2. The summed E-state index contributed by atoms with van der Waals surface area (Å²) >= 11 is 0. The largest absolute Gasteiger partial charge is 0.359 e. The van der Waals surface area contributed by atoms with E-state index in [2.05, 4.69) is 22.8 Å². The first-order valence-corrected chi connectivity index (χ1v) is 6.77. The van der Waals surface area contributed by atoms with Gasteiger partial charge in [-0.05, 0) is 37.8 Å². The molecule has 1 aromatic carbocycles. The van der Waals surface area contributed by atoms with Gasteiger partial charge in [-0.2, -0.15) is 0 Å². The van der Waals surface area contributed by atoms with E-state index >= 15 is 0 Å². The lowest BCUT2D eigenvalue weighted by Crippen LogP contribution is -2.21. The Bertz CT molecular complexity index is 348. The topological polar surface area (TPSA) is 42.5 Å². The van der Waals surface area contributed by atoms with Gasteiger partial charge in [-0.3, -0.25) is 0 Å². The average molecular weight is 248 g/mol. The summed E-state index contributed by atoms with van der Waals surface area (Å²) < 4.78 is 11.2. The molecule has 4 nitrogen and oxygen atoms in total. The fourth-order valence-electron chi connectivity index (χ4n) is 2.46. The molecule has 2 saturated heterocycles. The van der Waals surface area contributed by atoms with Gasteiger partial charge in [-0.1, -0.05) is 12.1 Å². The number of anilines is 2. The summed E-state index contributed by atoms with van der Waals surface area (Å²) in [4.78, 5) is 0. The molecule has 18 heavy (non-hydrogen) atoms. The minimum absolute atomic E-state index is 0.150. The van der Waals surface area contributed by atoms with E-state index in [1.165, 1.54) is 0 Å². The maximum Gasteiger partial charge on any atom is 0.127 e. The van der Waals surface area contributed by atoms with Gasteiger partial charge >= 0.3 is 0 Å². The molecule has 2 atom stereocenters. The summed E-state index contributed by atoms with van der Waals surface area (Å²) in [6, 6.07) is 8.24. The second-order valence-corrected chi connectivity index (χ2v) is 4.84. The van der Waals surface area contributed by atoms with E-state index in [1.54, 1.807) is 0 Å². The second kappa shape index (κ2) is 5.59. The van der Waals surface area contributed by atoms with Crippen LogP contribution >= 0.6 is 0 Å².